The Hall–Kier alpha value is -0.580. The Morgan fingerprint density at radius 3 is 2.44 bits per heavy atom. The molecule has 1 heterocycles. The molecule has 0 saturated carbocycles. The summed E-state index contributed by atoms with van der Waals surface area (Å²) in [5.74, 6) is 5.72. The molecule has 2 N–H and O–H groups in total. The van der Waals surface area contributed by atoms with Crippen molar-refractivity contribution in [3.8, 4) is 0 Å². The number of hydrogen-bond acceptors (Lipinski definition) is 3. The fourth-order valence-electron chi connectivity index (χ4n) is 2.15. The maximum Gasteiger partial charge on any atom is 0.0708 e. The predicted molar refractivity (Wildman–Crippen MR) is 69.2 cm³/mol. The summed E-state index contributed by atoms with van der Waals surface area (Å²) in [5, 5.41) is 0. The van der Waals surface area contributed by atoms with Gasteiger partial charge in [0.25, 0.3) is 0 Å². The average molecular weight is 285 g/mol. The van der Waals surface area contributed by atoms with Gasteiger partial charge in [-0.05, 0) is 43.0 Å². The summed E-state index contributed by atoms with van der Waals surface area (Å²) in [6, 6.07) is 8.49. The van der Waals surface area contributed by atoms with Crippen molar-refractivity contribution in [1.82, 2.24) is 0 Å². The van der Waals surface area contributed by atoms with E-state index in [4.69, 9.17) is 10.7 Å². The van der Waals surface area contributed by atoms with E-state index in [1.807, 2.05) is 0 Å². The standard InChI is InChI=1S/C12H17BrN2O/c13-11-1-3-12(4-2-11)15-7-5-10(6-8-15)9-16-14/h1-4,10H,5-9,14H2. The number of piperidine rings is 1. The monoisotopic (exact) mass is 284 g/mol. The molecule has 3 nitrogen and oxygen atoms in total. The summed E-state index contributed by atoms with van der Waals surface area (Å²) in [6.07, 6.45) is 2.32. The van der Waals surface area contributed by atoms with E-state index in [1.54, 1.807) is 0 Å². The maximum absolute atomic E-state index is 5.10. The molecule has 0 aliphatic carbocycles. The van der Waals surface area contributed by atoms with Gasteiger partial charge in [-0.25, -0.2) is 5.90 Å². The molecule has 0 unspecified atom stereocenters. The number of nitrogens with zero attached hydrogens (tertiary/aromatic N) is 1. The predicted octanol–water partition coefficient (Wildman–Crippen LogP) is 2.56. The topological polar surface area (TPSA) is 38.5 Å². The van der Waals surface area contributed by atoms with Crippen molar-refractivity contribution in [2.45, 2.75) is 12.8 Å². The van der Waals surface area contributed by atoms with Crippen LogP contribution in [0, 0.1) is 5.92 Å². The number of anilines is 1. The lowest BCUT2D eigenvalue weighted by Gasteiger charge is -2.33. The smallest absolute Gasteiger partial charge is 0.0708 e. The van der Waals surface area contributed by atoms with Crippen molar-refractivity contribution >= 4 is 21.6 Å². The van der Waals surface area contributed by atoms with Crippen LogP contribution < -0.4 is 10.8 Å². The van der Waals surface area contributed by atoms with Crippen LogP contribution in [-0.4, -0.2) is 19.7 Å². The van der Waals surface area contributed by atoms with E-state index in [0.717, 1.165) is 30.4 Å². The Balaban J connectivity index is 1.91. The second-order valence-electron chi connectivity index (χ2n) is 4.24. The van der Waals surface area contributed by atoms with E-state index >= 15 is 0 Å². The lowest BCUT2D eigenvalue weighted by Crippen LogP contribution is -2.35. The summed E-state index contributed by atoms with van der Waals surface area (Å²) >= 11 is 3.45. The first kappa shape index (κ1) is 11.9. The van der Waals surface area contributed by atoms with Gasteiger partial charge in [0.1, 0.15) is 0 Å². The fourth-order valence-corrected chi connectivity index (χ4v) is 2.41. The Kier molecular flexibility index (Phi) is 4.21. The van der Waals surface area contributed by atoms with Gasteiger partial charge in [-0.15, -0.1) is 0 Å². The minimum atomic E-state index is 0.622. The molecule has 0 atom stereocenters. The number of rotatable bonds is 3. The summed E-state index contributed by atoms with van der Waals surface area (Å²) in [6.45, 7) is 2.87. The molecular weight excluding hydrogens is 268 g/mol. The first-order valence-corrected chi connectivity index (χ1v) is 6.41. The molecule has 4 heteroatoms. The highest BCUT2D eigenvalue weighted by Gasteiger charge is 2.19. The summed E-state index contributed by atoms with van der Waals surface area (Å²) < 4.78 is 1.13. The second-order valence-corrected chi connectivity index (χ2v) is 5.16. The fraction of sp³-hybridized carbons (Fsp3) is 0.500. The van der Waals surface area contributed by atoms with Crippen LogP contribution in [0.3, 0.4) is 0 Å². The van der Waals surface area contributed by atoms with E-state index in [2.05, 4.69) is 45.1 Å². The highest BCUT2D eigenvalue weighted by Crippen LogP contribution is 2.24. The van der Waals surface area contributed by atoms with Crippen molar-refractivity contribution in [2.75, 3.05) is 24.6 Å². The van der Waals surface area contributed by atoms with E-state index in [-0.39, 0.29) is 0 Å². The van der Waals surface area contributed by atoms with Crippen LogP contribution in [0.15, 0.2) is 28.7 Å². The first-order chi connectivity index (χ1) is 7.79. The molecule has 0 amide bonds. The molecule has 16 heavy (non-hydrogen) atoms. The molecule has 2 rings (SSSR count). The van der Waals surface area contributed by atoms with Gasteiger partial charge in [0, 0.05) is 23.2 Å². The molecule has 0 spiro atoms. The summed E-state index contributed by atoms with van der Waals surface area (Å²) in [5.41, 5.74) is 1.30. The van der Waals surface area contributed by atoms with Crippen molar-refractivity contribution in [3.63, 3.8) is 0 Å². The third-order valence-electron chi connectivity index (χ3n) is 3.14. The van der Waals surface area contributed by atoms with Gasteiger partial charge in [-0.1, -0.05) is 15.9 Å². The largest absolute Gasteiger partial charge is 0.372 e. The number of halogens is 1. The van der Waals surface area contributed by atoms with Gasteiger partial charge in [-0.2, -0.15) is 0 Å². The van der Waals surface area contributed by atoms with Crippen LogP contribution in [0.5, 0.6) is 0 Å². The highest BCUT2D eigenvalue weighted by molar-refractivity contribution is 9.10. The van der Waals surface area contributed by atoms with Gasteiger partial charge >= 0.3 is 0 Å². The van der Waals surface area contributed by atoms with E-state index in [9.17, 15) is 0 Å². The van der Waals surface area contributed by atoms with Crippen LogP contribution in [-0.2, 0) is 4.84 Å². The van der Waals surface area contributed by atoms with Crippen molar-refractivity contribution in [2.24, 2.45) is 11.8 Å². The van der Waals surface area contributed by atoms with Gasteiger partial charge in [0.05, 0.1) is 6.61 Å². The SMILES string of the molecule is NOCC1CCN(c2ccc(Br)cc2)CC1. The van der Waals surface area contributed by atoms with E-state index < -0.39 is 0 Å². The molecule has 1 aliphatic heterocycles. The normalized spacial score (nSPS) is 17.8. The van der Waals surface area contributed by atoms with E-state index in [0.29, 0.717) is 12.5 Å². The van der Waals surface area contributed by atoms with Crippen molar-refractivity contribution in [1.29, 1.82) is 0 Å². The lowest BCUT2D eigenvalue weighted by atomic mass is 9.97. The molecule has 88 valence electrons. The third-order valence-corrected chi connectivity index (χ3v) is 3.67. The summed E-state index contributed by atoms with van der Waals surface area (Å²) in [4.78, 5) is 7.13. The quantitative estimate of drug-likeness (QED) is 0.867. The van der Waals surface area contributed by atoms with Gasteiger partial charge < -0.3 is 9.74 Å². The van der Waals surface area contributed by atoms with Crippen LogP contribution in [0.25, 0.3) is 0 Å². The molecule has 1 saturated heterocycles. The molecule has 0 aromatic heterocycles. The minimum absolute atomic E-state index is 0.622. The highest BCUT2D eigenvalue weighted by atomic mass is 79.9. The Morgan fingerprint density at radius 1 is 1.25 bits per heavy atom. The second kappa shape index (κ2) is 5.66. The third kappa shape index (κ3) is 2.97. The van der Waals surface area contributed by atoms with Crippen LogP contribution in [0.2, 0.25) is 0 Å². The Bertz CT molecular complexity index is 320. The zero-order valence-corrected chi connectivity index (χ0v) is 10.8. The molecule has 1 aliphatic rings. The first-order valence-electron chi connectivity index (χ1n) is 5.62. The number of nitrogens with two attached hydrogens (primary N) is 1. The molecule has 1 fully saturated rings. The zero-order valence-electron chi connectivity index (χ0n) is 9.23. The zero-order chi connectivity index (χ0) is 11.4. The molecule has 0 radical (unpaired) electrons. The van der Waals surface area contributed by atoms with Crippen molar-refractivity contribution < 1.29 is 4.84 Å². The minimum Gasteiger partial charge on any atom is -0.372 e. The van der Waals surface area contributed by atoms with Crippen LogP contribution >= 0.6 is 15.9 Å². The van der Waals surface area contributed by atoms with Crippen LogP contribution in [0.4, 0.5) is 5.69 Å². The number of hydrogen-bond donors (Lipinski definition) is 1. The van der Waals surface area contributed by atoms with Crippen LogP contribution in [0.1, 0.15) is 12.8 Å². The Morgan fingerprint density at radius 2 is 1.88 bits per heavy atom. The lowest BCUT2D eigenvalue weighted by molar-refractivity contribution is 0.0918. The molecule has 0 bridgehead atoms. The molecule has 1 aromatic rings. The van der Waals surface area contributed by atoms with Crippen molar-refractivity contribution in [3.05, 3.63) is 28.7 Å². The van der Waals surface area contributed by atoms with Gasteiger partial charge in [0.2, 0.25) is 0 Å². The molecular formula is C12H17BrN2O. The molecule has 1 aromatic carbocycles. The van der Waals surface area contributed by atoms with Gasteiger partial charge in [0.15, 0.2) is 0 Å². The Labute approximate surface area is 105 Å². The average Bonchev–Trinajstić information content (AvgIpc) is 2.32. The summed E-state index contributed by atoms with van der Waals surface area (Å²) in [7, 11) is 0. The number of benzene rings is 1. The van der Waals surface area contributed by atoms with E-state index in [1.165, 1.54) is 5.69 Å². The van der Waals surface area contributed by atoms with Gasteiger partial charge in [-0.3, -0.25) is 0 Å². The maximum atomic E-state index is 5.10.